The van der Waals surface area contributed by atoms with Crippen LogP contribution in [0.5, 0.6) is 5.75 Å². The van der Waals surface area contributed by atoms with Gasteiger partial charge in [0.2, 0.25) is 5.91 Å². The molecule has 0 saturated carbocycles. The number of aromatic nitrogens is 3. The van der Waals surface area contributed by atoms with Gasteiger partial charge in [0.15, 0.2) is 11.0 Å². The van der Waals surface area contributed by atoms with Crippen LogP contribution < -0.4 is 9.64 Å². The Bertz CT molecular complexity index is 1190. The number of halogens is 1. The SMILES string of the molecule is CN(C(=O)CSc1nnc(COc2cccc(Br)c2)n1-c1ccccc1)c1ccccc1. The number of anilines is 1. The topological polar surface area (TPSA) is 60.3 Å². The van der Waals surface area contributed by atoms with Crippen LogP contribution in [0.2, 0.25) is 0 Å². The fourth-order valence-electron chi connectivity index (χ4n) is 3.05. The number of thioether (sulfide) groups is 1. The number of carbonyl (C=O) groups excluding carboxylic acids is 1. The molecular weight excluding hydrogens is 488 g/mol. The molecular formula is C24H21BrN4O2S. The van der Waals surface area contributed by atoms with Gasteiger partial charge in [-0.15, -0.1) is 10.2 Å². The lowest BCUT2D eigenvalue weighted by Crippen LogP contribution is -2.27. The fourth-order valence-corrected chi connectivity index (χ4v) is 4.31. The van der Waals surface area contributed by atoms with Gasteiger partial charge in [-0.05, 0) is 42.5 Å². The van der Waals surface area contributed by atoms with Gasteiger partial charge in [-0.2, -0.15) is 0 Å². The smallest absolute Gasteiger partial charge is 0.237 e. The van der Waals surface area contributed by atoms with Crippen LogP contribution in [-0.2, 0) is 11.4 Å². The average Bonchev–Trinajstić information content (AvgIpc) is 3.24. The molecule has 0 aliphatic rings. The van der Waals surface area contributed by atoms with Gasteiger partial charge < -0.3 is 9.64 Å². The minimum Gasteiger partial charge on any atom is -0.486 e. The summed E-state index contributed by atoms with van der Waals surface area (Å²) in [7, 11) is 1.78. The molecule has 6 nitrogen and oxygen atoms in total. The molecule has 3 aromatic carbocycles. The molecule has 4 rings (SSSR count). The summed E-state index contributed by atoms with van der Waals surface area (Å²) in [5, 5.41) is 9.32. The summed E-state index contributed by atoms with van der Waals surface area (Å²) in [6.45, 7) is 0.247. The predicted octanol–water partition coefficient (Wildman–Crippen LogP) is 5.36. The number of carbonyl (C=O) groups is 1. The van der Waals surface area contributed by atoms with Crippen molar-refractivity contribution in [1.29, 1.82) is 0 Å². The van der Waals surface area contributed by atoms with Gasteiger partial charge in [0.1, 0.15) is 12.4 Å². The Labute approximate surface area is 199 Å². The summed E-state index contributed by atoms with van der Waals surface area (Å²) in [5.41, 5.74) is 1.77. The maximum Gasteiger partial charge on any atom is 0.237 e. The van der Waals surface area contributed by atoms with E-state index >= 15 is 0 Å². The van der Waals surface area contributed by atoms with E-state index in [0.717, 1.165) is 21.6 Å². The lowest BCUT2D eigenvalue weighted by Gasteiger charge is -2.17. The summed E-state index contributed by atoms with van der Waals surface area (Å²) in [6, 6.07) is 27.0. The highest BCUT2D eigenvalue weighted by molar-refractivity contribution is 9.10. The van der Waals surface area contributed by atoms with Crippen molar-refractivity contribution < 1.29 is 9.53 Å². The zero-order valence-electron chi connectivity index (χ0n) is 17.4. The van der Waals surface area contributed by atoms with Crippen molar-refractivity contribution in [3.05, 3.63) is 95.2 Å². The molecule has 1 heterocycles. The molecule has 0 N–H and O–H groups in total. The summed E-state index contributed by atoms with van der Waals surface area (Å²) < 4.78 is 8.80. The zero-order chi connectivity index (χ0) is 22.3. The molecule has 0 spiro atoms. The first-order valence-electron chi connectivity index (χ1n) is 9.94. The highest BCUT2D eigenvalue weighted by atomic mass is 79.9. The maximum atomic E-state index is 12.7. The lowest BCUT2D eigenvalue weighted by molar-refractivity contribution is -0.115. The minimum atomic E-state index is -0.0178. The van der Waals surface area contributed by atoms with E-state index in [1.165, 1.54) is 11.8 Å². The first-order chi connectivity index (χ1) is 15.6. The summed E-state index contributed by atoms with van der Waals surface area (Å²) >= 11 is 4.81. The number of ether oxygens (including phenoxy) is 1. The maximum absolute atomic E-state index is 12.7. The molecule has 0 bridgehead atoms. The van der Waals surface area contributed by atoms with Gasteiger partial charge in [-0.25, -0.2) is 0 Å². The molecule has 0 aliphatic carbocycles. The molecule has 1 aromatic heterocycles. The van der Waals surface area contributed by atoms with E-state index in [1.807, 2.05) is 89.5 Å². The third-order valence-corrected chi connectivity index (χ3v) is 6.13. The standard InChI is InChI=1S/C24H21BrN4O2S/c1-28(19-10-4-2-5-11-19)23(30)17-32-24-27-26-22(29(24)20-12-6-3-7-13-20)16-31-21-14-8-9-18(25)15-21/h2-15H,16-17H2,1H3. The third kappa shape index (κ3) is 5.38. The quantitative estimate of drug-likeness (QED) is 0.299. The zero-order valence-corrected chi connectivity index (χ0v) is 19.8. The molecule has 162 valence electrons. The normalized spacial score (nSPS) is 10.7. The highest BCUT2D eigenvalue weighted by Gasteiger charge is 2.18. The van der Waals surface area contributed by atoms with Crippen molar-refractivity contribution in [1.82, 2.24) is 14.8 Å². The second-order valence-corrected chi connectivity index (χ2v) is 8.75. The highest BCUT2D eigenvalue weighted by Crippen LogP contribution is 2.25. The predicted molar refractivity (Wildman–Crippen MR) is 130 cm³/mol. The molecule has 0 atom stereocenters. The number of hydrogen-bond donors (Lipinski definition) is 0. The molecule has 8 heteroatoms. The molecule has 0 fully saturated rings. The van der Waals surface area contributed by atoms with Crippen molar-refractivity contribution in [3.63, 3.8) is 0 Å². The largest absolute Gasteiger partial charge is 0.486 e. The second kappa shape index (κ2) is 10.5. The monoisotopic (exact) mass is 508 g/mol. The summed E-state index contributed by atoms with van der Waals surface area (Å²) in [4.78, 5) is 14.4. The van der Waals surface area contributed by atoms with Crippen LogP contribution in [0, 0.1) is 0 Å². The molecule has 1 amide bonds. The molecule has 0 aliphatic heterocycles. The molecule has 0 radical (unpaired) electrons. The van der Waals surface area contributed by atoms with E-state index < -0.39 is 0 Å². The van der Waals surface area contributed by atoms with E-state index in [1.54, 1.807) is 11.9 Å². The van der Waals surface area contributed by atoms with Gasteiger partial charge in [0.25, 0.3) is 0 Å². The third-order valence-electron chi connectivity index (χ3n) is 4.72. The van der Waals surface area contributed by atoms with Gasteiger partial charge in [0.05, 0.1) is 5.75 Å². The van der Waals surface area contributed by atoms with Crippen LogP contribution in [-0.4, -0.2) is 33.5 Å². The Morgan fingerprint density at radius 3 is 2.44 bits per heavy atom. The van der Waals surface area contributed by atoms with Crippen LogP contribution in [0.25, 0.3) is 5.69 Å². The van der Waals surface area contributed by atoms with Gasteiger partial charge in [-0.1, -0.05) is 70.2 Å². The number of nitrogens with zero attached hydrogens (tertiary/aromatic N) is 4. The summed E-state index contributed by atoms with van der Waals surface area (Å²) in [6.07, 6.45) is 0. The second-order valence-electron chi connectivity index (χ2n) is 6.89. The first-order valence-corrected chi connectivity index (χ1v) is 11.7. The fraction of sp³-hybridized carbons (Fsp3) is 0.125. The molecule has 32 heavy (non-hydrogen) atoms. The minimum absolute atomic E-state index is 0.0178. The number of hydrogen-bond acceptors (Lipinski definition) is 5. The van der Waals surface area contributed by atoms with Gasteiger partial charge in [-0.3, -0.25) is 9.36 Å². The van der Waals surface area contributed by atoms with Gasteiger partial charge >= 0.3 is 0 Å². The van der Waals surface area contributed by atoms with E-state index in [2.05, 4.69) is 26.1 Å². The summed E-state index contributed by atoms with van der Waals surface area (Å²) in [5.74, 6) is 1.61. The van der Waals surface area contributed by atoms with E-state index in [4.69, 9.17) is 4.74 Å². The van der Waals surface area contributed by atoms with Crippen molar-refractivity contribution in [2.75, 3.05) is 17.7 Å². The van der Waals surface area contributed by atoms with Crippen LogP contribution >= 0.6 is 27.7 Å². The Hall–Kier alpha value is -3.10. The molecule has 0 unspecified atom stereocenters. The Morgan fingerprint density at radius 2 is 1.72 bits per heavy atom. The van der Waals surface area contributed by atoms with Crippen LogP contribution in [0.3, 0.4) is 0 Å². The molecule has 4 aromatic rings. The number of benzene rings is 3. The first kappa shape index (κ1) is 22.1. The van der Waals surface area contributed by atoms with Crippen molar-refractivity contribution >= 4 is 39.3 Å². The van der Waals surface area contributed by atoms with E-state index in [0.29, 0.717) is 11.0 Å². The van der Waals surface area contributed by atoms with Crippen molar-refractivity contribution in [3.8, 4) is 11.4 Å². The van der Waals surface area contributed by atoms with Gasteiger partial charge in [0, 0.05) is 22.9 Å². The molecule has 0 saturated heterocycles. The number of para-hydroxylation sites is 2. The Balaban J connectivity index is 1.52. The van der Waals surface area contributed by atoms with Crippen LogP contribution in [0.1, 0.15) is 5.82 Å². The van der Waals surface area contributed by atoms with Crippen LogP contribution in [0.4, 0.5) is 5.69 Å². The Morgan fingerprint density at radius 1 is 1.00 bits per heavy atom. The van der Waals surface area contributed by atoms with E-state index in [9.17, 15) is 4.79 Å². The average molecular weight is 509 g/mol. The number of rotatable bonds is 8. The Kier molecular flexibility index (Phi) is 7.24. The lowest BCUT2D eigenvalue weighted by atomic mass is 10.3. The number of amides is 1. The van der Waals surface area contributed by atoms with E-state index in [-0.39, 0.29) is 18.3 Å². The van der Waals surface area contributed by atoms with Crippen molar-refractivity contribution in [2.24, 2.45) is 0 Å². The van der Waals surface area contributed by atoms with Crippen LogP contribution in [0.15, 0.2) is 94.6 Å². The van der Waals surface area contributed by atoms with Crippen molar-refractivity contribution in [2.45, 2.75) is 11.8 Å².